The molecule has 0 aliphatic heterocycles. The lowest BCUT2D eigenvalue weighted by Gasteiger charge is -2.11. The van der Waals surface area contributed by atoms with Crippen molar-refractivity contribution in [2.75, 3.05) is 11.1 Å². The molecule has 0 aliphatic rings. The molecule has 21 heavy (non-hydrogen) atoms. The first kappa shape index (κ1) is 15.2. The van der Waals surface area contributed by atoms with Gasteiger partial charge in [0.15, 0.2) is 5.82 Å². The maximum Gasteiger partial charge on any atom is 0.416 e. The molecule has 3 N–H and O–H groups in total. The Labute approximate surface area is 120 Å². The maximum absolute atomic E-state index is 12.5. The molecule has 7 heteroatoms. The van der Waals surface area contributed by atoms with E-state index in [0.717, 1.165) is 18.6 Å². The lowest BCUT2D eigenvalue weighted by molar-refractivity contribution is -0.137. The van der Waals surface area contributed by atoms with Crippen molar-refractivity contribution in [3.63, 3.8) is 0 Å². The van der Waals surface area contributed by atoms with Crippen molar-refractivity contribution < 1.29 is 13.2 Å². The molecule has 0 atom stereocenters. The molecule has 0 fully saturated rings. The van der Waals surface area contributed by atoms with Crippen molar-refractivity contribution in [1.29, 1.82) is 0 Å². The van der Waals surface area contributed by atoms with E-state index in [2.05, 4.69) is 10.4 Å². The van der Waals surface area contributed by atoms with Crippen molar-refractivity contribution in [3.8, 4) is 0 Å². The fourth-order valence-corrected chi connectivity index (χ4v) is 1.98. The zero-order valence-corrected chi connectivity index (χ0v) is 11.8. The van der Waals surface area contributed by atoms with Gasteiger partial charge in [0.05, 0.1) is 16.9 Å². The van der Waals surface area contributed by atoms with Crippen molar-refractivity contribution in [3.05, 3.63) is 35.5 Å². The first-order valence-electron chi connectivity index (χ1n) is 6.60. The topological polar surface area (TPSA) is 55.9 Å². The van der Waals surface area contributed by atoms with Crippen LogP contribution in [0.3, 0.4) is 0 Å². The summed E-state index contributed by atoms with van der Waals surface area (Å²) < 4.78 is 39.3. The number of nitrogens with one attached hydrogen (secondary N) is 1. The Morgan fingerprint density at radius 3 is 2.38 bits per heavy atom. The summed E-state index contributed by atoms with van der Waals surface area (Å²) in [6.45, 7) is 4.48. The lowest BCUT2D eigenvalue weighted by atomic mass is 10.2. The van der Waals surface area contributed by atoms with Gasteiger partial charge in [-0.2, -0.15) is 18.3 Å². The molecule has 1 aromatic carbocycles. The number of anilines is 3. The molecule has 0 unspecified atom stereocenters. The highest BCUT2D eigenvalue weighted by molar-refractivity contribution is 5.71. The quantitative estimate of drug-likeness (QED) is 0.898. The monoisotopic (exact) mass is 298 g/mol. The molecule has 0 aliphatic carbocycles. The van der Waals surface area contributed by atoms with E-state index in [1.807, 2.05) is 6.92 Å². The third-order valence-electron chi connectivity index (χ3n) is 3.08. The van der Waals surface area contributed by atoms with E-state index in [4.69, 9.17) is 5.73 Å². The Hall–Kier alpha value is -2.18. The Bertz CT molecular complexity index is 614. The Morgan fingerprint density at radius 1 is 1.24 bits per heavy atom. The number of alkyl halides is 3. The highest BCUT2D eigenvalue weighted by Gasteiger charge is 2.30. The number of halogens is 3. The van der Waals surface area contributed by atoms with Gasteiger partial charge in [-0.05, 0) is 37.6 Å². The third-order valence-corrected chi connectivity index (χ3v) is 3.08. The van der Waals surface area contributed by atoms with Gasteiger partial charge in [-0.15, -0.1) is 0 Å². The fraction of sp³-hybridized carbons (Fsp3) is 0.357. The average Bonchev–Trinajstić information content (AvgIpc) is 2.67. The SMILES string of the molecule is CCCn1nc(C)c(N)c1Nc1ccc(C(F)(F)F)cc1. The van der Waals surface area contributed by atoms with Crippen molar-refractivity contribution in [2.24, 2.45) is 0 Å². The number of hydrogen-bond donors (Lipinski definition) is 2. The second-order valence-electron chi connectivity index (χ2n) is 4.77. The fourth-order valence-electron chi connectivity index (χ4n) is 1.98. The molecule has 0 spiro atoms. The van der Waals surface area contributed by atoms with Gasteiger partial charge in [-0.1, -0.05) is 6.92 Å². The highest BCUT2D eigenvalue weighted by Crippen LogP contribution is 2.31. The minimum atomic E-state index is -4.34. The molecule has 0 amide bonds. The van der Waals surface area contributed by atoms with E-state index in [9.17, 15) is 13.2 Å². The molecular formula is C14H17F3N4. The van der Waals surface area contributed by atoms with Crippen LogP contribution in [0.4, 0.5) is 30.4 Å². The lowest BCUT2D eigenvalue weighted by Crippen LogP contribution is -2.07. The normalized spacial score (nSPS) is 11.7. The molecule has 0 bridgehead atoms. The van der Waals surface area contributed by atoms with Gasteiger partial charge in [0.1, 0.15) is 0 Å². The van der Waals surface area contributed by atoms with Gasteiger partial charge in [0, 0.05) is 12.2 Å². The first-order chi connectivity index (χ1) is 9.82. The van der Waals surface area contributed by atoms with E-state index in [1.54, 1.807) is 11.6 Å². The minimum absolute atomic E-state index is 0.503. The van der Waals surface area contributed by atoms with Crippen LogP contribution in [0.15, 0.2) is 24.3 Å². The summed E-state index contributed by atoms with van der Waals surface area (Å²) in [7, 11) is 0. The average molecular weight is 298 g/mol. The molecule has 114 valence electrons. The van der Waals surface area contributed by atoms with Crippen LogP contribution in [0, 0.1) is 6.92 Å². The van der Waals surface area contributed by atoms with Gasteiger partial charge in [0.2, 0.25) is 0 Å². The Morgan fingerprint density at radius 2 is 1.86 bits per heavy atom. The number of rotatable bonds is 4. The number of aromatic nitrogens is 2. The third kappa shape index (κ3) is 3.29. The first-order valence-corrected chi connectivity index (χ1v) is 6.60. The second kappa shape index (κ2) is 5.67. The van der Waals surface area contributed by atoms with Gasteiger partial charge in [-0.3, -0.25) is 0 Å². The van der Waals surface area contributed by atoms with Gasteiger partial charge in [0.25, 0.3) is 0 Å². The molecule has 1 heterocycles. The molecule has 0 saturated carbocycles. The number of hydrogen-bond acceptors (Lipinski definition) is 3. The minimum Gasteiger partial charge on any atom is -0.394 e. The van der Waals surface area contributed by atoms with Crippen LogP contribution in [0.1, 0.15) is 24.6 Å². The van der Waals surface area contributed by atoms with Gasteiger partial charge in [-0.25, -0.2) is 4.68 Å². The van der Waals surface area contributed by atoms with E-state index in [1.165, 1.54) is 12.1 Å². The van der Waals surface area contributed by atoms with Crippen LogP contribution in [-0.2, 0) is 12.7 Å². The smallest absolute Gasteiger partial charge is 0.394 e. The highest BCUT2D eigenvalue weighted by atomic mass is 19.4. The van der Waals surface area contributed by atoms with Crippen LogP contribution in [0.5, 0.6) is 0 Å². The predicted molar refractivity (Wildman–Crippen MR) is 76.4 cm³/mol. The zero-order chi connectivity index (χ0) is 15.6. The number of nitrogens with two attached hydrogens (primary N) is 1. The molecule has 2 rings (SSSR count). The molecule has 2 aromatic rings. The second-order valence-corrected chi connectivity index (χ2v) is 4.77. The molecule has 0 radical (unpaired) electrons. The predicted octanol–water partition coefficient (Wildman–Crippen LogP) is 3.95. The summed E-state index contributed by atoms with van der Waals surface area (Å²) in [5, 5.41) is 7.34. The summed E-state index contributed by atoms with van der Waals surface area (Å²) in [5.41, 5.74) is 7.00. The van der Waals surface area contributed by atoms with E-state index in [0.29, 0.717) is 29.4 Å². The van der Waals surface area contributed by atoms with Crippen molar-refractivity contribution in [1.82, 2.24) is 9.78 Å². The van der Waals surface area contributed by atoms with E-state index in [-0.39, 0.29) is 0 Å². The van der Waals surface area contributed by atoms with Crippen molar-refractivity contribution >= 4 is 17.2 Å². The van der Waals surface area contributed by atoms with Crippen molar-refractivity contribution in [2.45, 2.75) is 33.0 Å². The largest absolute Gasteiger partial charge is 0.416 e. The van der Waals surface area contributed by atoms with E-state index < -0.39 is 11.7 Å². The Balaban J connectivity index is 2.26. The van der Waals surface area contributed by atoms with Crippen LogP contribution in [0.25, 0.3) is 0 Å². The standard InChI is InChI=1S/C14H17F3N4/c1-3-8-21-13(12(18)9(2)20-21)19-11-6-4-10(5-7-11)14(15,16)17/h4-7,19H,3,8,18H2,1-2H3. The van der Waals surface area contributed by atoms with Gasteiger partial charge >= 0.3 is 6.18 Å². The van der Waals surface area contributed by atoms with Crippen LogP contribution >= 0.6 is 0 Å². The maximum atomic E-state index is 12.5. The number of aryl methyl sites for hydroxylation is 2. The summed E-state index contributed by atoms with van der Waals surface area (Å²) in [6.07, 6.45) is -3.46. The molecular weight excluding hydrogens is 281 g/mol. The van der Waals surface area contributed by atoms with Crippen LogP contribution in [-0.4, -0.2) is 9.78 Å². The number of benzene rings is 1. The van der Waals surface area contributed by atoms with Gasteiger partial charge < -0.3 is 11.1 Å². The van der Waals surface area contributed by atoms with Crippen LogP contribution in [0.2, 0.25) is 0 Å². The summed E-state index contributed by atoms with van der Waals surface area (Å²) in [4.78, 5) is 0. The molecule has 1 aromatic heterocycles. The summed E-state index contributed by atoms with van der Waals surface area (Å²) in [5.74, 6) is 0.606. The molecule has 4 nitrogen and oxygen atoms in total. The zero-order valence-electron chi connectivity index (χ0n) is 11.8. The number of nitrogens with zero attached hydrogens (tertiary/aromatic N) is 2. The van der Waals surface area contributed by atoms with E-state index >= 15 is 0 Å². The summed E-state index contributed by atoms with van der Waals surface area (Å²) in [6, 6.07) is 4.82. The Kier molecular flexibility index (Phi) is 4.11. The summed E-state index contributed by atoms with van der Waals surface area (Å²) >= 11 is 0. The molecule has 0 saturated heterocycles. The van der Waals surface area contributed by atoms with Crippen LogP contribution < -0.4 is 11.1 Å². The number of nitrogen functional groups attached to an aromatic ring is 1.